The molecule has 0 saturated carbocycles. The molecule has 3 aromatic carbocycles. The molecular weight excluding hydrogens is 504 g/mol. The number of rotatable bonds is 11. The van der Waals surface area contributed by atoms with Gasteiger partial charge in [0.2, 0.25) is 5.91 Å². The molecule has 3 unspecified atom stereocenters. The van der Waals surface area contributed by atoms with Crippen LogP contribution in [0.15, 0.2) is 60.7 Å². The van der Waals surface area contributed by atoms with Crippen LogP contribution >= 0.6 is 11.8 Å². The molecule has 38 heavy (non-hydrogen) atoms. The summed E-state index contributed by atoms with van der Waals surface area (Å²) >= 11 is 1.03. The molecule has 2 N–H and O–H groups in total. The second-order valence-corrected chi connectivity index (χ2v) is 10.1. The molecule has 2 amide bonds. The van der Waals surface area contributed by atoms with Crippen LogP contribution in [0.1, 0.15) is 41.3 Å². The van der Waals surface area contributed by atoms with Crippen LogP contribution in [0.25, 0.3) is 0 Å². The van der Waals surface area contributed by atoms with E-state index in [4.69, 9.17) is 18.9 Å². The predicted octanol–water partition coefficient (Wildman–Crippen LogP) is 5.06. The number of ether oxygens (including phenoxy) is 4. The fraction of sp³-hybridized carbons (Fsp3) is 0.310. The summed E-state index contributed by atoms with van der Waals surface area (Å²) in [5.41, 5.74) is 3.99. The summed E-state index contributed by atoms with van der Waals surface area (Å²) in [4.78, 5) is 23.8. The number of amides is 2. The molecule has 1 aliphatic heterocycles. The Morgan fingerprint density at radius 2 is 1.37 bits per heavy atom. The van der Waals surface area contributed by atoms with Gasteiger partial charge in [-0.25, -0.2) is 0 Å². The van der Waals surface area contributed by atoms with E-state index in [-0.39, 0.29) is 23.2 Å². The van der Waals surface area contributed by atoms with Crippen molar-refractivity contribution < 1.29 is 28.5 Å². The number of carbonyl (C=O) groups is 2. The molecule has 3 atom stereocenters. The van der Waals surface area contributed by atoms with E-state index in [0.717, 1.165) is 34.0 Å². The maximum atomic E-state index is 12.2. The maximum Gasteiger partial charge on any atom is 0.286 e. The second-order valence-electron chi connectivity index (χ2n) is 8.88. The first-order valence-corrected chi connectivity index (χ1v) is 13.0. The molecule has 1 fully saturated rings. The number of hydrogen-bond acceptors (Lipinski definition) is 8. The van der Waals surface area contributed by atoms with Gasteiger partial charge in [-0.15, -0.1) is 0 Å². The number of benzene rings is 3. The molecule has 0 aliphatic carbocycles. The van der Waals surface area contributed by atoms with Gasteiger partial charge in [-0.2, -0.15) is 0 Å². The minimum Gasteiger partial charge on any atom is -0.493 e. The van der Waals surface area contributed by atoms with E-state index >= 15 is 0 Å². The zero-order valence-electron chi connectivity index (χ0n) is 22.1. The van der Waals surface area contributed by atoms with E-state index in [1.807, 2.05) is 54.6 Å². The summed E-state index contributed by atoms with van der Waals surface area (Å²) in [6, 6.07) is 19.5. The lowest BCUT2D eigenvalue weighted by Gasteiger charge is -2.26. The zero-order valence-corrected chi connectivity index (χ0v) is 22.9. The first-order chi connectivity index (χ1) is 18.4. The Morgan fingerprint density at radius 1 is 0.789 bits per heavy atom. The quantitative estimate of drug-likeness (QED) is 0.351. The van der Waals surface area contributed by atoms with Gasteiger partial charge in [0.05, 0.1) is 39.7 Å². The lowest BCUT2D eigenvalue weighted by Crippen LogP contribution is -2.26. The van der Waals surface area contributed by atoms with Crippen molar-refractivity contribution in [3.8, 4) is 23.0 Å². The Labute approximate surface area is 227 Å². The molecule has 0 radical (unpaired) electrons. The van der Waals surface area contributed by atoms with Crippen LogP contribution in [0.5, 0.6) is 23.0 Å². The maximum absolute atomic E-state index is 12.2. The van der Waals surface area contributed by atoms with E-state index in [9.17, 15) is 9.59 Å². The molecule has 200 valence electrons. The largest absolute Gasteiger partial charge is 0.493 e. The predicted molar refractivity (Wildman–Crippen MR) is 148 cm³/mol. The Balaban J connectivity index is 1.69. The summed E-state index contributed by atoms with van der Waals surface area (Å²) in [6.45, 7) is 2.09. The van der Waals surface area contributed by atoms with Gasteiger partial charge >= 0.3 is 0 Å². The minimum atomic E-state index is -0.434. The molecule has 1 saturated heterocycles. The van der Waals surface area contributed by atoms with Gasteiger partial charge in [0, 0.05) is 6.04 Å². The minimum absolute atomic E-state index is 0.0645. The van der Waals surface area contributed by atoms with Crippen LogP contribution in [-0.4, -0.2) is 44.8 Å². The van der Waals surface area contributed by atoms with Crippen LogP contribution in [0, 0.1) is 0 Å². The number of hydrogen-bond donors (Lipinski definition) is 2. The van der Waals surface area contributed by atoms with Crippen molar-refractivity contribution in [3.05, 3.63) is 82.9 Å². The highest BCUT2D eigenvalue weighted by atomic mass is 32.2. The van der Waals surface area contributed by atoms with E-state index in [1.165, 1.54) is 0 Å². The van der Waals surface area contributed by atoms with Crippen LogP contribution in [-0.2, 0) is 11.2 Å². The Bertz CT molecular complexity index is 1310. The molecule has 0 bridgehead atoms. The summed E-state index contributed by atoms with van der Waals surface area (Å²) in [5.74, 6) is 2.35. The summed E-state index contributed by atoms with van der Waals surface area (Å²) in [6.07, 6.45) is 0.458. The molecule has 1 heterocycles. The molecular formula is C29H32N2O6S. The first kappa shape index (κ1) is 27.3. The molecule has 0 spiro atoms. The number of methoxy groups -OCH3 is 4. The molecule has 0 aromatic heterocycles. The van der Waals surface area contributed by atoms with Crippen molar-refractivity contribution in [2.75, 3.05) is 28.4 Å². The first-order valence-electron chi connectivity index (χ1n) is 12.2. The van der Waals surface area contributed by atoms with Crippen molar-refractivity contribution in [2.45, 2.75) is 30.7 Å². The lowest BCUT2D eigenvalue weighted by atomic mass is 9.94. The fourth-order valence-corrected chi connectivity index (χ4v) is 5.39. The summed E-state index contributed by atoms with van der Waals surface area (Å²) < 4.78 is 21.9. The van der Waals surface area contributed by atoms with E-state index in [2.05, 4.69) is 23.6 Å². The smallest absolute Gasteiger partial charge is 0.286 e. The normalized spacial score (nSPS) is 16.5. The molecule has 1 aliphatic rings. The Morgan fingerprint density at radius 3 is 1.95 bits per heavy atom. The Hall–Kier alpha value is -3.69. The molecule has 4 rings (SSSR count). The summed E-state index contributed by atoms with van der Waals surface area (Å²) in [5, 5.41) is 5.38. The van der Waals surface area contributed by atoms with Crippen LogP contribution < -0.4 is 29.6 Å². The lowest BCUT2D eigenvalue weighted by molar-refractivity contribution is -0.118. The van der Waals surface area contributed by atoms with Gasteiger partial charge in [-0.1, -0.05) is 48.2 Å². The average Bonchev–Trinajstić information content (AvgIpc) is 3.26. The number of imide groups is 1. The van der Waals surface area contributed by atoms with Crippen molar-refractivity contribution in [1.82, 2.24) is 10.6 Å². The van der Waals surface area contributed by atoms with E-state index in [0.29, 0.717) is 29.4 Å². The standard InChI is InChI=1S/C29H32N2O6S/c1-17(19-9-11-22(34-2)24(15-19)36-4)30-27(21-10-12-23(35-3)25(16-21)37-5)20-8-6-7-18(13-20)14-26-28(32)31-29(33)38-26/h6-13,15-17,26-27,30H,14H2,1-5H3,(H,31,32,33). The van der Waals surface area contributed by atoms with Crippen molar-refractivity contribution in [1.29, 1.82) is 0 Å². The van der Waals surface area contributed by atoms with Crippen molar-refractivity contribution in [2.24, 2.45) is 0 Å². The van der Waals surface area contributed by atoms with Crippen LogP contribution in [0.3, 0.4) is 0 Å². The van der Waals surface area contributed by atoms with Crippen molar-refractivity contribution in [3.63, 3.8) is 0 Å². The SMILES string of the molecule is COc1ccc(C(C)NC(c2cccc(CC3SC(=O)NC3=O)c2)c2ccc(OC)c(OC)c2)cc1OC. The van der Waals surface area contributed by atoms with Gasteiger partial charge < -0.3 is 18.9 Å². The third-order valence-electron chi connectivity index (χ3n) is 6.54. The van der Waals surface area contributed by atoms with Crippen LogP contribution in [0.2, 0.25) is 0 Å². The third kappa shape index (κ3) is 6.06. The Kier molecular flexibility index (Phi) is 8.81. The van der Waals surface area contributed by atoms with E-state index < -0.39 is 5.25 Å². The zero-order chi connectivity index (χ0) is 27.2. The van der Waals surface area contributed by atoms with Gasteiger partial charge in [0.1, 0.15) is 0 Å². The third-order valence-corrected chi connectivity index (χ3v) is 7.52. The van der Waals surface area contributed by atoms with Gasteiger partial charge in [0.15, 0.2) is 23.0 Å². The van der Waals surface area contributed by atoms with E-state index in [1.54, 1.807) is 28.4 Å². The van der Waals surface area contributed by atoms with Gasteiger partial charge in [-0.05, 0) is 59.9 Å². The second kappa shape index (κ2) is 12.2. The molecule has 3 aromatic rings. The van der Waals surface area contributed by atoms with Crippen LogP contribution in [0.4, 0.5) is 4.79 Å². The summed E-state index contributed by atoms with van der Waals surface area (Å²) in [7, 11) is 6.46. The number of thioether (sulfide) groups is 1. The molecule has 9 heteroatoms. The monoisotopic (exact) mass is 536 g/mol. The van der Waals surface area contributed by atoms with Gasteiger partial charge in [0.25, 0.3) is 5.24 Å². The highest BCUT2D eigenvalue weighted by molar-refractivity contribution is 8.15. The topological polar surface area (TPSA) is 95.1 Å². The highest BCUT2D eigenvalue weighted by Crippen LogP contribution is 2.36. The highest BCUT2D eigenvalue weighted by Gasteiger charge is 2.31. The number of carbonyl (C=O) groups excluding carboxylic acids is 2. The number of nitrogens with one attached hydrogen (secondary N) is 2. The van der Waals surface area contributed by atoms with Gasteiger partial charge in [-0.3, -0.25) is 20.2 Å². The average molecular weight is 537 g/mol. The van der Waals surface area contributed by atoms with Crippen molar-refractivity contribution >= 4 is 22.9 Å². The molecule has 8 nitrogen and oxygen atoms in total. The fourth-order valence-electron chi connectivity index (χ4n) is 4.53.